The summed E-state index contributed by atoms with van der Waals surface area (Å²) in [5, 5.41) is 6.78. The lowest BCUT2D eigenvalue weighted by Gasteiger charge is -2.17. The fourth-order valence-corrected chi connectivity index (χ4v) is 2.36. The zero-order valence-corrected chi connectivity index (χ0v) is 11.8. The van der Waals surface area contributed by atoms with Gasteiger partial charge in [-0.05, 0) is 25.1 Å². The van der Waals surface area contributed by atoms with Gasteiger partial charge in [0.1, 0.15) is 11.6 Å². The Morgan fingerprint density at radius 1 is 1.45 bits per heavy atom. The topological polar surface area (TPSA) is 76.9 Å². The van der Waals surface area contributed by atoms with E-state index in [-0.39, 0.29) is 23.9 Å². The summed E-state index contributed by atoms with van der Waals surface area (Å²) in [7, 11) is 0. The number of carbonyl (C=O) groups is 2. The first-order chi connectivity index (χ1) is 10.5. The van der Waals surface area contributed by atoms with Gasteiger partial charge in [0.05, 0.1) is 23.5 Å². The molecule has 1 atom stereocenters. The lowest BCUT2D eigenvalue weighted by Crippen LogP contribution is -2.24. The first kappa shape index (κ1) is 14.1. The van der Waals surface area contributed by atoms with E-state index in [2.05, 4.69) is 15.4 Å². The van der Waals surface area contributed by atoms with Crippen molar-refractivity contribution >= 4 is 23.7 Å². The number of hydrogen-bond acceptors (Lipinski definition) is 4. The van der Waals surface area contributed by atoms with Gasteiger partial charge in [0, 0.05) is 18.7 Å². The van der Waals surface area contributed by atoms with E-state index in [0.29, 0.717) is 5.69 Å². The summed E-state index contributed by atoms with van der Waals surface area (Å²) in [5.41, 5.74) is 1.46. The molecule has 1 amide bonds. The number of nitrogens with one attached hydrogen (secondary N) is 1. The Bertz CT molecular complexity index is 764. The monoisotopic (exact) mass is 300 g/mol. The molecule has 1 aliphatic rings. The number of hydrogen-bond donors (Lipinski definition) is 1. The second kappa shape index (κ2) is 5.51. The van der Waals surface area contributed by atoms with Crippen LogP contribution in [0.15, 0.2) is 30.5 Å². The van der Waals surface area contributed by atoms with Crippen molar-refractivity contribution in [3.8, 4) is 0 Å². The Hall–Kier alpha value is -2.83. The number of ketones is 1. The molecule has 0 bridgehead atoms. The predicted molar refractivity (Wildman–Crippen MR) is 77.5 cm³/mol. The minimum Gasteiger partial charge on any atom is -0.311 e. The Morgan fingerprint density at radius 2 is 2.27 bits per heavy atom. The molecule has 0 spiro atoms. The molecule has 2 aromatic heterocycles. The molecular formula is C15H13FN4O2. The number of amides is 1. The van der Waals surface area contributed by atoms with Gasteiger partial charge in [-0.1, -0.05) is 0 Å². The number of aryl methyl sites for hydroxylation is 1. The molecule has 7 heteroatoms. The number of carbonyl (C=O) groups excluding carboxylic acids is 2. The highest BCUT2D eigenvalue weighted by molar-refractivity contribution is 6.02. The fraction of sp³-hybridized carbons (Fsp3) is 0.200. The summed E-state index contributed by atoms with van der Waals surface area (Å²) in [4.78, 5) is 27.9. The molecule has 0 saturated carbocycles. The summed E-state index contributed by atoms with van der Waals surface area (Å²) in [6, 6.07) is 4.36. The van der Waals surface area contributed by atoms with E-state index in [4.69, 9.17) is 0 Å². The van der Waals surface area contributed by atoms with E-state index in [1.165, 1.54) is 18.2 Å². The van der Waals surface area contributed by atoms with Gasteiger partial charge in [-0.3, -0.25) is 9.59 Å². The van der Waals surface area contributed by atoms with Gasteiger partial charge in [-0.2, -0.15) is 5.10 Å². The number of halogens is 1. The van der Waals surface area contributed by atoms with Gasteiger partial charge in [0.25, 0.3) is 0 Å². The van der Waals surface area contributed by atoms with Gasteiger partial charge in [0.2, 0.25) is 5.91 Å². The summed E-state index contributed by atoms with van der Waals surface area (Å²) in [6.07, 6.45) is 3.99. The van der Waals surface area contributed by atoms with Gasteiger partial charge < -0.3 is 5.32 Å². The molecule has 0 fully saturated rings. The minimum atomic E-state index is -0.577. The fourth-order valence-electron chi connectivity index (χ4n) is 2.36. The molecular weight excluding hydrogens is 287 g/mol. The van der Waals surface area contributed by atoms with E-state index in [0.717, 1.165) is 11.9 Å². The van der Waals surface area contributed by atoms with Crippen LogP contribution in [0.2, 0.25) is 0 Å². The zero-order valence-electron chi connectivity index (χ0n) is 11.8. The molecule has 0 aromatic carbocycles. The quantitative estimate of drug-likeness (QED) is 0.939. The second-order valence-corrected chi connectivity index (χ2v) is 5.04. The van der Waals surface area contributed by atoms with Crippen molar-refractivity contribution in [2.45, 2.75) is 19.3 Å². The molecule has 0 aliphatic carbocycles. The number of rotatable bonds is 3. The summed E-state index contributed by atoms with van der Waals surface area (Å²) >= 11 is 0. The van der Waals surface area contributed by atoms with Gasteiger partial charge in [-0.15, -0.1) is 0 Å². The molecule has 0 radical (unpaired) electrons. The van der Waals surface area contributed by atoms with Crippen molar-refractivity contribution in [2.24, 2.45) is 0 Å². The van der Waals surface area contributed by atoms with Crippen molar-refractivity contribution in [2.75, 3.05) is 5.32 Å². The molecule has 3 rings (SSSR count). The van der Waals surface area contributed by atoms with Crippen LogP contribution in [0.1, 0.15) is 23.7 Å². The molecule has 1 N–H and O–H groups in total. The van der Waals surface area contributed by atoms with Crippen LogP contribution in [-0.2, 0) is 9.59 Å². The Kier molecular flexibility index (Phi) is 3.54. The Labute approximate surface area is 125 Å². The lowest BCUT2D eigenvalue weighted by atomic mass is 9.93. The van der Waals surface area contributed by atoms with Crippen LogP contribution in [0.25, 0.3) is 6.20 Å². The van der Waals surface area contributed by atoms with Crippen LogP contribution in [0.4, 0.5) is 10.2 Å². The van der Waals surface area contributed by atoms with Crippen molar-refractivity contribution < 1.29 is 14.0 Å². The molecule has 6 nitrogen and oxygen atoms in total. The molecule has 3 heterocycles. The van der Waals surface area contributed by atoms with Gasteiger partial charge in [0.15, 0.2) is 5.78 Å². The first-order valence-corrected chi connectivity index (χ1v) is 6.72. The highest BCUT2D eigenvalue weighted by Gasteiger charge is 2.28. The second-order valence-electron chi connectivity index (χ2n) is 5.04. The number of fused-ring (bicyclic) bond motifs is 1. The van der Waals surface area contributed by atoms with E-state index in [1.807, 2.05) is 6.92 Å². The van der Waals surface area contributed by atoms with Crippen LogP contribution in [0.5, 0.6) is 0 Å². The maximum atomic E-state index is 12.8. The van der Waals surface area contributed by atoms with Crippen LogP contribution < -0.4 is 5.32 Å². The molecule has 0 saturated heterocycles. The van der Waals surface area contributed by atoms with E-state index < -0.39 is 11.7 Å². The zero-order chi connectivity index (χ0) is 15.7. The molecule has 2 aromatic rings. The van der Waals surface area contributed by atoms with E-state index in [9.17, 15) is 14.0 Å². The van der Waals surface area contributed by atoms with Crippen molar-refractivity contribution in [3.05, 3.63) is 47.7 Å². The third-order valence-corrected chi connectivity index (χ3v) is 3.35. The third kappa shape index (κ3) is 2.78. The van der Waals surface area contributed by atoms with Crippen LogP contribution >= 0.6 is 0 Å². The first-order valence-electron chi connectivity index (χ1n) is 6.72. The van der Waals surface area contributed by atoms with Crippen molar-refractivity contribution in [3.63, 3.8) is 0 Å². The van der Waals surface area contributed by atoms with E-state index in [1.54, 1.807) is 16.9 Å². The highest BCUT2D eigenvalue weighted by atomic mass is 19.1. The van der Waals surface area contributed by atoms with Crippen LogP contribution in [0, 0.1) is 12.7 Å². The largest absolute Gasteiger partial charge is 0.311 e. The standard InChI is InChI=1S/C15H13FN4O2/c1-9-6-12-11(13(21)4-5-20(12)19-9)7-15(22)18-14-3-2-10(16)8-17-14/h2-6,8,11H,7H2,1H3,(H,17,18,22). The molecule has 22 heavy (non-hydrogen) atoms. The van der Waals surface area contributed by atoms with E-state index >= 15 is 0 Å². The smallest absolute Gasteiger partial charge is 0.226 e. The van der Waals surface area contributed by atoms with Crippen molar-refractivity contribution in [1.82, 2.24) is 14.8 Å². The van der Waals surface area contributed by atoms with Crippen LogP contribution in [-0.4, -0.2) is 26.5 Å². The Morgan fingerprint density at radius 3 is 3.00 bits per heavy atom. The molecule has 1 unspecified atom stereocenters. The predicted octanol–water partition coefficient (Wildman–Crippen LogP) is 1.89. The highest BCUT2D eigenvalue weighted by Crippen LogP contribution is 2.26. The maximum absolute atomic E-state index is 12.8. The third-order valence-electron chi connectivity index (χ3n) is 3.35. The Balaban J connectivity index is 1.74. The van der Waals surface area contributed by atoms with Gasteiger partial charge >= 0.3 is 0 Å². The number of pyridine rings is 1. The summed E-state index contributed by atoms with van der Waals surface area (Å²) in [6.45, 7) is 1.82. The number of anilines is 1. The SMILES string of the molecule is Cc1cc2n(n1)C=CC(=O)C2CC(=O)Nc1ccc(F)cn1. The average Bonchev–Trinajstić information content (AvgIpc) is 2.85. The summed E-state index contributed by atoms with van der Waals surface area (Å²) < 4.78 is 14.4. The number of aromatic nitrogens is 3. The van der Waals surface area contributed by atoms with Gasteiger partial charge in [-0.25, -0.2) is 14.1 Å². The average molecular weight is 300 g/mol. The number of nitrogens with zero attached hydrogens (tertiary/aromatic N) is 3. The lowest BCUT2D eigenvalue weighted by molar-refractivity contribution is -0.121. The normalized spacial score (nSPS) is 16.5. The van der Waals surface area contributed by atoms with Crippen molar-refractivity contribution in [1.29, 1.82) is 0 Å². The maximum Gasteiger partial charge on any atom is 0.226 e. The minimum absolute atomic E-state index is 0.0205. The van der Waals surface area contributed by atoms with Crippen LogP contribution in [0.3, 0.4) is 0 Å². The molecule has 112 valence electrons. The summed E-state index contributed by atoms with van der Waals surface area (Å²) in [5.74, 6) is -1.32. The number of allylic oxidation sites excluding steroid dienone is 1. The molecule has 1 aliphatic heterocycles.